The van der Waals surface area contributed by atoms with Gasteiger partial charge in [-0.1, -0.05) is 42.5 Å². The Hall–Kier alpha value is -3.42. The lowest BCUT2D eigenvalue weighted by atomic mass is 10.0. The zero-order chi connectivity index (χ0) is 22.3. The van der Waals surface area contributed by atoms with E-state index < -0.39 is 18.6 Å². The van der Waals surface area contributed by atoms with Crippen LogP contribution in [0.1, 0.15) is 5.56 Å². The van der Waals surface area contributed by atoms with E-state index in [0.29, 0.717) is 18.9 Å². The molecule has 2 amide bonds. The van der Waals surface area contributed by atoms with Crippen molar-refractivity contribution in [3.63, 3.8) is 0 Å². The summed E-state index contributed by atoms with van der Waals surface area (Å²) in [6, 6.07) is 20.1. The Morgan fingerprint density at radius 1 is 0.969 bits per heavy atom. The maximum Gasteiger partial charge on any atom is 0.249 e. The van der Waals surface area contributed by atoms with Gasteiger partial charge >= 0.3 is 0 Å². The Balaban J connectivity index is 1.35. The van der Waals surface area contributed by atoms with Crippen LogP contribution in [0.15, 0.2) is 66.7 Å². The summed E-state index contributed by atoms with van der Waals surface area (Å²) in [5.41, 5.74) is 2.54. The summed E-state index contributed by atoms with van der Waals surface area (Å²) in [7, 11) is 0. The predicted molar refractivity (Wildman–Crippen MR) is 125 cm³/mol. The van der Waals surface area contributed by atoms with Gasteiger partial charge in [0.1, 0.15) is 6.04 Å². The van der Waals surface area contributed by atoms with E-state index in [1.165, 1.54) is 0 Å². The normalized spacial score (nSPS) is 14.7. The number of aliphatic hydroxyl groups excluding tert-OH is 1. The molecule has 0 saturated carbocycles. The summed E-state index contributed by atoms with van der Waals surface area (Å²) in [6.45, 7) is 2.59. The number of carbonyl (C=O) groups is 2. The van der Waals surface area contributed by atoms with Crippen molar-refractivity contribution in [1.82, 2.24) is 5.32 Å². The minimum Gasteiger partial charge on any atom is -0.394 e. The molecule has 0 unspecified atom stereocenters. The average Bonchev–Trinajstić information content (AvgIpc) is 2.84. The molecule has 1 fully saturated rings. The van der Waals surface area contributed by atoms with Crippen molar-refractivity contribution in [1.29, 1.82) is 0 Å². The molecule has 1 atom stereocenters. The first-order valence-corrected chi connectivity index (χ1v) is 10.7. The van der Waals surface area contributed by atoms with Crippen molar-refractivity contribution in [3.8, 4) is 0 Å². The number of aliphatic hydroxyl groups is 1. The van der Waals surface area contributed by atoms with Gasteiger partial charge in [-0.3, -0.25) is 9.59 Å². The van der Waals surface area contributed by atoms with Crippen LogP contribution >= 0.6 is 0 Å². The van der Waals surface area contributed by atoms with Crippen molar-refractivity contribution >= 4 is 34.0 Å². The Morgan fingerprint density at radius 3 is 2.44 bits per heavy atom. The van der Waals surface area contributed by atoms with Crippen LogP contribution in [0.3, 0.4) is 0 Å². The van der Waals surface area contributed by atoms with Crippen molar-refractivity contribution in [3.05, 3.63) is 72.3 Å². The molecule has 7 heteroatoms. The first kappa shape index (κ1) is 21.8. The van der Waals surface area contributed by atoms with Gasteiger partial charge in [-0.05, 0) is 40.6 Å². The Morgan fingerprint density at radius 2 is 1.69 bits per heavy atom. The summed E-state index contributed by atoms with van der Waals surface area (Å²) < 4.78 is 5.37. The SMILES string of the molecule is O=C(Cc1cccc2ccccc12)N[C@@H](CO)C(=O)Nc1ccc(N2CCOCC2)cc1. The number of nitrogens with zero attached hydrogens (tertiary/aromatic N) is 1. The number of rotatable bonds is 7. The fourth-order valence-electron chi connectivity index (χ4n) is 3.87. The number of hydrogen-bond acceptors (Lipinski definition) is 5. The first-order valence-electron chi connectivity index (χ1n) is 10.7. The number of morpholine rings is 1. The zero-order valence-corrected chi connectivity index (χ0v) is 17.8. The molecule has 3 N–H and O–H groups in total. The maximum absolute atomic E-state index is 12.6. The molecule has 0 aromatic heterocycles. The van der Waals surface area contributed by atoms with Gasteiger partial charge in [0.2, 0.25) is 11.8 Å². The molecular formula is C25H27N3O4. The topological polar surface area (TPSA) is 90.9 Å². The second-order valence-corrected chi connectivity index (χ2v) is 7.75. The number of ether oxygens (including phenoxy) is 1. The summed E-state index contributed by atoms with van der Waals surface area (Å²) in [5, 5.41) is 17.1. The molecule has 1 saturated heterocycles. The molecule has 166 valence electrons. The van der Waals surface area contributed by atoms with E-state index in [1.54, 1.807) is 0 Å². The van der Waals surface area contributed by atoms with E-state index in [4.69, 9.17) is 4.74 Å². The van der Waals surface area contributed by atoms with Crippen LogP contribution in [0.25, 0.3) is 10.8 Å². The van der Waals surface area contributed by atoms with Crippen LogP contribution in [0.2, 0.25) is 0 Å². The number of benzene rings is 3. The molecule has 0 radical (unpaired) electrons. The maximum atomic E-state index is 12.6. The lowest BCUT2D eigenvalue weighted by Gasteiger charge is -2.29. The number of nitrogens with one attached hydrogen (secondary N) is 2. The molecule has 3 aromatic carbocycles. The van der Waals surface area contributed by atoms with Crippen molar-refractivity contribution < 1.29 is 19.4 Å². The quantitative estimate of drug-likeness (QED) is 0.532. The molecule has 1 heterocycles. The number of hydrogen-bond donors (Lipinski definition) is 3. The largest absolute Gasteiger partial charge is 0.394 e. The van der Waals surface area contributed by atoms with Crippen LogP contribution in [0, 0.1) is 0 Å². The Labute approximate surface area is 187 Å². The lowest BCUT2D eigenvalue weighted by molar-refractivity contribution is -0.126. The van der Waals surface area contributed by atoms with E-state index in [2.05, 4.69) is 15.5 Å². The minimum atomic E-state index is -1.03. The average molecular weight is 434 g/mol. The molecule has 0 bridgehead atoms. The van der Waals surface area contributed by atoms with Gasteiger partial charge in [-0.2, -0.15) is 0 Å². The van der Waals surface area contributed by atoms with Crippen molar-refractivity contribution in [2.75, 3.05) is 43.1 Å². The highest BCUT2D eigenvalue weighted by Gasteiger charge is 2.21. The third-order valence-corrected chi connectivity index (χ3v) is 5.58. The molecular weight excluding hydrogens is 406 g/mol. The second kappa shape index (κ2) is 10.3. The van der Waals surface area contributed by atoms with Gasteiger partial charge in [0.05, 0.1) is 26.2 Å². The van der Waals surface area contributed by atoms with Gasteiger partial charge in [0, 0.05) is 24.5 Å². The van der Waals surface area contributed by atoms with Gasteiger partial charge in [0.25, 0.3) is 0 Å². The zero-order valence-electron chi connectivity index (χ0n) is 17.8. The Bertz CT molecular complexity index is 1070. The highest BCUT2D eigenvalue weighted by molar-refractivity contribution is 5.98. The van der Waals surface area contributed by atoms with Crippen molar-refractivity contribution in [2.24, 2.45) is 0 Å². The van der Waals surface area contributed by atoms with Gasteiger partial charge in [-0.25, -0.2) is 0 Å². The molecule has 1 aliphatic heterocycles. The predicted octanol–water partition coefficient (Wildman–Crippen LogP) is 2.33. The highest BCUT2D eigenvalue weighted by Crippen LogP contribution is 2.20. The molecule has 1 aliphatic rings. The van der Waals surface area contributed by atoms with Crippen molar-refractivity contribution in [2.45, 2.75) is 12.5 Å². The van der Waals surface area contributed by atoms with Crippen LogP contribution in [-0.2, 0) is 20.7 Å². The molecule has 32 heavy (non-hydrogen) atoms. The Kier molecular flexibility index (Phi) is 6.99. The first-order chi connectivity index (χ1) is 15.6. The number of fused-ring (bicyclic) bond motifs is 1. The third kappa shape index (κ3) is 5.25. The third-order valence-electron chi connectivity index (χ3n) is 5.58. The van der Waals surface area contributed by atoms with E-state index in [9.17, 15) is 14.7 Å². The van der Waals surface area contributed by atoms with E-state index >= 15 is 0 Å². The van der Waals surface area contributed by atoms with E-state index in [0.717, 1.165) is 35.1 Å². The highest BCUT2D eigenvalue weighted by atomic mass is 16.5. The van der Waals surface area contributed by atoms with Gasteiger partial charge < -0.3 is 25.4 Å². The molecule has 0 spiro atoms. The van der Waals surface area contributed by atoms with Crippen LogP contribution in [0.5, 0.6) is 0 Å². The molecule has 3 aromatic rings. The van der Waals surface area contributed by atoms with Gasteiger partial charge in [-0.15, -0.1) is 0 Å². The summed E-state index contributed by atoms with van der Waals surface area (Å²) in [4.78, 5) is 27.4. The van der Waals surface area contributed by atoms with Gasteiger partial charge in [0.15, 0.2) is 0 Å². The van der Waals surface area contributed by atoms with Crippen LogP contribution < -0.4 is 15.5 Å². The smallest absolute Gasteiger partial charge is 0.249 e. The monoisotopic (exact) mass is 433 g/mol. The van der Waals surface area contributed by atoms with E-state index in [-0.39, 0.29) is 12.3 Å². The molecule has 4 rings (SSSR count). The lowest BCUT2D eigenvalue weighted by Crippen LogP contribution is -2.46. The summed E-state index contributed by atoms with van der Waals surface area (Å²) in [6.07, 6.45) is 0.124. The fraction of sp³-hybridized carbons (Fsp3) is 0.280. The van der Waals surface area contributed by atoms with Crippen LogP contribution in [-0.4, -0.2) is 55.9 Å². The van der Waals surface area contributed by atoms with E-state index in [1.807, 2.05) is 66.7 Å². The summed E-state index contributed by atoms with van der Waals surface area (Å²) >= 11 is 0. The molecule has 0 aliphatic carbocycles. The number of anilines is 2. The molecule has 7 nitrogen and oxygen atoms in total. The standard InChI is InChI=1S/C25H27N3O4/c29-17-23(27-24(30)16-19-6-3-5-18-4-1-2-7-22(18)19)25(31)26-20-8-10-21(11-9-20)28-12-14-32-15-13-28/h1-11,23,29H,12-17H2,(H,26,31)(H,27,30)/t23-/m0/s1. The number of carbonyl (C=O) groups excluding carboxylic acids is 2. The summed E-state index contributed by atoms with van der Waals surface area (Å²) in [5.74, 6) is -0.781. The number of amides is 2. The van der Waals surface area contributed by atoms with Crippen LogP contribution in [0.4, 0.5) is 11.4 Å². The fourth-order valence-corrected chi connectivity index (χ4v) is 3.87. The second-order valence-electron chi connectivity index (χ2n) is 7.75. The minimum absolute atomic E-state index is 0.124.